The maximum absolute atomic E-state index is 13.1. The summed E-state index contributed by atoms with van der Waals surface area (Å²) in [6.45, 7) is 2.58. The van der Waals surface area contributed by atoms with Gasteiger partial charge in [0.05, 0.1) is 0 Å². The second-order valence-electron chi connectivity index (χ2n) is 4.69. The number of hydrogen-bond donors (Lipinski definition) is 2. The van der Waals surface area contributed by atoms with Crippen molar-refractivity contribution < 1.29 is 9.18 Å². The van der Waals surface area contributed by atoms with Crippen molar-refractivity contribution in [3.8, 4) is 0 Å². The minimum absolute atomic E-state index is 0.175. The molecule has 0 aliphatic rings. The average molecular weight is 289 g/mol. The Bertz CT molecular complexity index is 601. The van der Waals surface area contributed by atoms with Crippen LogP contribution in [-0.2, 0) is 0 Å². The van der Waals surface area contributed by atoms with Crippen LogP contribution in [0.15, 0.2) is 53.4 Å². The molecule has 1 N–H and O–H groups in total. The molecule has 0 aliphatic carbocycles. The summed E-state index contributed by atoms with van der Waals surface area (Å²) in [6, 6.07) is 14.1. The summed E-state index contributed by atoms with van der Waals surface area (Å²) in [5.74, 6) is -0.429. The first-order valence-corrected chi connectivity index (χ1v) is 6.84. The van der Waals surface area contributed by atoms with E-state index in [1.54, 1.807) is 0 Å². The molecule has 104 valence electrons. The fraction of sp³-hybridized carbons (Fsp3) is 0.188. The third-order valence-electron chi connectivity index (χ3n) is 3.15. The first-order chi connectivity index (χ1) is 9.58. The van der Waals surface area contributed by atoms with Crippen LogP contribution in [0.2, 0.25) is 0 Å². The van der Waals surface area contributed by atoms with Gasteiger partial charge in [0.1, 0.15) is 5.82 Å². The highest BCUT2D eigenvalue weighted by Gasteiger charge is 2.10. The fourth-order valence-corrected chi connectivity index (χ4v) is 2.11. The van der Waals surface area contributed by atoms with E-state index in [-0.39, 0.29) is 16.7 Å². The summed E-state index contributed by atoms with van der Waals surface area (Å²) >= 11 is 3.97. The molecule has 2 nitrogen and oxygen atoms in total. The van der Waals surface area contributed by atoms with Crippen molar-refractivity contribution >= 4 is 18.5 Å². The molecule has 0 spiro atoms. The van der Waals surface area contributed by atoms with Crippen molar-refractivity contribution in [1.82, 2.24) is 5.32 Å². The summed E-state index contributed by atoms with van der Waals surface area (Å²) in [5.41, 5.74) is 1.58. The summed E-state index contributed by atoms with van der Waals surface area (Å²) in [6.07, 6.45) is 0. The van der Waals surface area contributed by atoms with Crippen molar-refractivity contribution in [2.45, 2.75) is 17.7 Å². The van der Waals surface area contributed by atoms with Gasteiger partial charge < -0.3 is 5.32 Å². The molecule has 20 heavy (non-hydrogen) atoms. The first-order valence-electron chi connectivity index (χ1n) is 6.39. The molecule has 0 aliphatic heterocycles. The zero-order chi connectivity index (χ0) is 14.5. The van der Waals surface area contributed by atoms with Gasteiger partial charge in [-0.05, 0) is 29.7 Å². The highest BCUT2D eigenvalue weighted by Crippen LogP contribution is 2.15. The molecule has 0 bridgehead atoms. The SMILES string of the molecule is CC(CNC(=O)c1ccc(F)c(S)c1)c1ccccc1. The highest BCUT2D eigenvalue weighted by atomic mass is 32.1. The van der Waals surface area contributed by atoms with Crippen LogP contribution in [0.3, 0.4) is 0 Å². The fourth-order valence-electron chi connectivity index (χ4n) is 1.90. The summed E-state index contributed by atoms with van der Waals surface area (Å²) in [7, 11) is 0. The lowest BCUT2D eigenvalue weighted by atomic mass is 10.0. The number of carbonyl (C=O) groups is 1. The summed E-state index contributed by atoms with van der Waals surface area (Å²) < 4.78 is 13.1. The van der Waals surface area contributed by atoms with E-state index in [0.29, 0.717) is 12.1 Å². The van der Waals surface area contributed by atoms with Gasteiger partial charge in [-0.15, -0.1) is 12.6 Å². The molecule has 0 saturated heterocycles. The predicted molar refractivity (Wildman–Crippen MR) is 80.8 cm³/mol. The molecule has 2 aromatic rings. The zero-order valence-electron chi connectivity index (χ0n) is 11.1. The van der Waals surface area contributed by atoms with Gasteiger partial charge >= 0.3 is 0 Å². The standard InChI is InChI=1S/C16H16FNOS/c1-11(12-5-3-2-4-6-12)10-18-16(19)13-7-8-14(17)15(20)9-13/h2-9,11,20H,10H2,1H3,(H,18,19). The molecule has 1 amide bonds. The maximum atomic E-state index is 13.1. The van der Waals surface area contributed by atoms with E-state index in [4.69, 9.17) is 0 Å². The van der Waals surface area contributed by atoms with E-state index in [1.165, 1.54) is 23.8 Å². The number of benzene rings is 2. The lowest BCUT2D eigenvalue weighted by Crippen LogP contribution is -2.27. The van der Waals surface area contributed by atoms with Crippen molar-refractivity contribution in [1.29, 1.82) is 0 Å². The van der Waals surface area contributed by atoms with Crippen LogP contribution in [0, 0.1) is 5.82 Å². The van der Waals surface area contributed by atoms with Gasteiger partial charge in [-0.1, -0.05) is 37.3 Å². The van der Waals surface area contributed by atoms with Gasteiger partial charge in [0.2, 0.25) is 0 Å². The molecule has 0 heterocycles. The van der Waals surface area contributed by atoms with Gasteiger partial charge in [0, 0.05) is 17.0 Å². The lowest BCUT2D eigenvalue weighted by Gasteiger charge is -2.13. The van der Waals surface area contributed by atoms with Gasteiger partial charge in [-0.25, -0.2) is 4.39 Å². The molecular formula is C16H16FNOS. The van der Waals surface area contributed by atoms with Crippen molar-refractivity contribution in [2.75, 3.05) is 6.54 Å². The molecule has 1 unspecified atom stereocenters. The Labute approximate surface area is 123 Å². The molecule has 2 aromatic carbocycles. The van der Waals surface area contributed by atoms with Crippen molar-refractivity contribution in [3.63, 3.8) is 0 Å². The second kappa shape index (κ2) is 6.57. The minimum Gasteiger partial charge on any atom is -0.351 e. The van der Waals surface area contributed by atoms with E-state index in [0.717, 1.165) is 0 Å². The molecule has 2 rings (SSSR count). The van der Waals surface area contributed by atoms with Crippen LogP contribution in [0.25, 0.3) is 0 Å². The number of amides is 1. The van der Waals surface area contributed by atoms with Crippen LogP contribution in [0.1, 0.15) is 28.8 Å². The normalized spacial score (nSPS) is 11.9. The quantitative estimate of drug-likeness (QED) is 0.827. The smallest absolute Gasteiger partial charge is 0.251 e. The third kappa shape index (κ3) is 3.61. The maximum Gasteiger partial charge on any atom is 0.251 e. The highest BCUT2D eigenvalue weighted by molar-refractivity contribution is 7.80. The topological polar surface area (TPSA) is 29.1 Å². The molecule has 4 heteroatoms. The van der Waals surface area contributed by atoms with Crippen LogP contribution < -0.4 is 5.32 Å². The van der Waals surface area contributed by atoms with Crippen LogP contribution in [0.4, 0.5) is 4.39 Å². The summed E-state index contributed by atoms with van der Waals surface area (Å²) in [4.78, 5) is 12.2. The van der Waals surface area contributed by atoms with E-state index in [1.807, 2.05) is 37.3 Å². The van der Waals surface area contributed by atoms with Crippen LogP contribution in [-0.4, -0.2) is 12.5 Å². The Morgan fingerprint density at radius 3 is 2.60 bits per heavy atom. The molecule has 0 saturated carbocycles. The largest absolute Gasteiger partial charge is 0.351 e. The lowest BCUT2D eigenvalue weighted by molar-refractivity contribution is 0.0951. The Hall–Kier alpha value is -1.81. The van der Waals surface area contributed by atoms with E-state index in [2.05, 4.69) is 17.9 Å². The Morgan fingerprint density at radius 1 is 1.25 bits per heavy atom. The monoisotopic (exact) mass is 289 g/mol. The molecular weight excluding hydrogens is 273 g/mol. The van der Waals surface area contributed by atoms with Gasteiger partial charge in [-0.2, -0.15) is 0 Å². The first kappa shape index (κ1) is 14.6. The molecule has 1 atom stereocenters. The Morgan fingerprint density at radius 2 is 1.95 bits per heavy atom. The zero-order valence-corrected chi connectivity index (χ0v) is 12.0. The van der Waals surface area contributed by atoms with Crippen molar-refractivity contribution in [2.24, 2.45) is 0 Å². The number of halogens is 1. The van der Waals surface area contributed by atoms with Crippen LogP contribution >= 0.6 is 12.6 Å². The number of nitrogens with one attached hydrogen (secondary N) is 1. The number of thiol groups is 1. The van der Waals surface area contributed by atoms with E-state index < -0.39 is 5.82 Å². The summed E-state index contributed by atoms with van der Waals surface area (Å²) in [5, 5.41) is 2.85. The minimum atomic E-state index is -0.428. The van der Waals surface area contributed by atoms with Gasteiger partial charge in [0.25, 0.3) is 5.91 Å². The number of carbonyl (C=O) groups excluding carboxylic acids is 1. The number of rotatable bonds is 4. The van der Waals surface area contributed by atoms with E-state index >= 15 is 0 Å². The Kier molecular flexibility index (Phi) is 4.79. The number of hydrogen-bond acceptors (Lipinski definition) is 2. The Balaban J connectivity index is 1.97. The van der Waals surface area contributed by atoms with E-state index in [9.17, 15) is 9.18 Å². The average Bonchev–Trinajstić information content (AvgIpc) is 2.48. The molecule has 0 aromatic heterocycles. The van der Waals surface area contributed by atoms with Gasteiger partial charge in [0.15, 0.2) is 0 Å². The second-order valence-corrected chi connectivity index (χ2v) is 5.17. The third-order valence-corrected chi connectivity index (χ3v) is 3.49. The van der Waals surface area contributed by atoms with Crippen LogP contribution in [0.5, 0.6) is 0 Å². The van der Waals surface area contributed by atoms with Gasteiger partial charge in [-0.3, -0.25) is 4.79 Å². The van der Waals surface area contributed by atoms with Crippen molar-refractivity contribution in [3.05, 3.63) is 65.5 Å². The molecule has 0 radical (unpaired) electrons. The molecule has 0 fully saturated rings. The predicted octanol–water partition coefficient (Wildman–Crippen LogP) is 3.65.